The maximum Gasteiger partial charge on any atom is 0.272 e. The van der Waals surface area contributed by atoms with Crippen LogP contribution in [0.25, 0.3) is 11.0 Å². The fraction of sp³-hybridized carbons (Fsp3) is 0.174. The van der Waals surface area contributed by atoms with Crippen molar-refractivity contribution in [1.29, 1.82) is 0 Å². The van der Waals surface area contributed by atoms with Gasteiger partial charge in [0, 0.05) is 49.2 Å². The highest BCUT2D eigenvalue weighted by atomic mass is 35.5. The van der Waals surface area contributed by atoms with Crippen LogP contribution in [0.15, 0.2) is 71.5 Å². The van der Waals surface area contributed by atoms with E-state index in [1.165, 1.54) is 0 Å². The van der Waals surface area contributed by atoms with Crippen molar-refractivity contribution >= 4 is 45.8 Å². The maximum atomic E-state index is 13.2. The van der Waals surface area contributed by atoms with Crippen LogP contribution in [0, 0.1) is 0 Å². The number of hydrogen-bond acceptors (Lipinski definition) is 6. The molecule has 0 aliphatic carbocycles. The third-order valence-corrected chi connectivity index (χ3v) is 5.57. The molecule has 156 valence electrons. The first-order chi connectivity index (χ1) is 15.2. The number of carbonyl (C=O) groups excluding carboxylic acids is 1. The van der Waals surface area contributed by atoms with Crippen LogP contribution in [-0.4, -0.2) is 47.0 Å². The van der Waals surface area contributed by atoms with Crippen LogP contribution in [0.3, 0.4) is 0 Å². The first-order valence-electron chi connectivity index (χ1n) is 10.0. The van der Waals surface area contributed by atoms with E-state index in [1.54, 1.807) is 30.7 Å². The molecule has 0 radical (unpaired) electrons. The Morgan fingerprint density at radius 2 is 1.84 bits per heavy atom. The number of aromatic nitrogens is 2. The molecule has 1 fully saturated rings. The summed E-state index contributed by atoms with van der Waals surface area (Å²) in [7, 11) is 0. The third-order valence-electron chi connectivity index (χ3n) is 5.32. The number of piperazine rings is 1. The minimum absolute atomic E-state index is 0.113. The molecule has 1 aliphatic heterocycles. The van der Waals surface area contributed by atoms with E-state index in [1.807, 2.05) is 41.3 Å². The number of halogens is 1. The van der Waals surface area contributed by atoms with E-state index in [4.69, 9.17) is 16.0 Å². The lowest BCUT2D eigenvalue weighted by molar-refractivity contribution is 0.0741. The van der Waals surface area contributed by atoms with Crippen molar-refractivity contribution in [2.45, 2.75) is 0 Å². The normalized spacial score (nSPS) is 14.1. The Hall–Kier alpha value is -3.58. The summed E-state index contributed by atoms with van der Waals surface area (Å²) in [5.74, 6) is 1.39. The molecule has 1 amide bonds. The molecule has 5 rings (SSSR count). The molecule has 4 aromatic rings. The van der Waals surface area contributed by atoms with Gasteiger partial charge >= 0.3 is 0 Å². The zero-order valence-electron chi connectivity index (χ0n) is 16.7. The molecule has 7 nitrogen and oxygen atoms in total. The fourth-order valence-electron chi connectivity index (χ4n) is 3.68. The van der Waals surface area contributed by atoms with Crippen molar-refractivity contribution in [3.8, 4) is 0 Å². The van der Waals surface area contributed by atoms with Gasteiger partial charge < -0.3 is 19.5 Å². The Morgan fingerprint density at radius 3 is 2.58 bits per heavy atom. The van der Waals surface area contributed by atoms with Gasteiger partial charge in [-0.1, -0.05) is 17.7 Å². The van der Waals surface area contributed by atoms with Crippen LogP contribution in [0.4, 0.5) is 17.3 Å². The van der Waals surface area contributed by atoms with Gasteiger partial charge in [0.15, 0.2) is 0 Å². The summed E-state index contributed by atoms with van der Waals surface area (Å²) in [4.78, 5) is 26.2. The zero-order valence-corrected chi connectivity index (χ0v) is 17.4. The Kier molecular flexibility index (Phi) is 5.18. The lowest BCUT2D eigenvalue weighted by atomic mass is 10.2. The summed E-state index contributed by atoms with van der Waals surface area (Å²) in [6.07, 6.45) is 3.38. The second-order valence-electron chi connectivity index (χ2n) is 7.29. The Balaban J connectivity index is 1.36. The molecule has 0 atom stereocenters. The Morgan fingerprint density at radius 1 is 1.03 bits per heavy atom. The van der Waals surface area contributed by atoms with E-state index in [0.717, 1.165) is 30.0 Å². The van der Waals surface area contributed by atoms with Gasteiger partial charge in [-0.2, -0.15) is 0 Å². The number of hydrogen-bond donors (Lipinski definition) is 1. The van der Waals surface area contributed by atoms with Gasteiger partial charge in [-0.3, -0.25) is 4.79 Å². The molecule has 0 saturated carbocycles. The number of anilines is 3. The quantitative estimate of drug-likeness (QED) is 0.507. The molecule has 3 aromatic heterocycles. The number of carbonyl (C=O) groups is 1. The van der Waals surface area contributed by atoms with Gasteiger partial charge in [0.2, 0.25) is 0 Å². The summed E-state index contributed by atoms with van der Waals surface area (Å²) in [5, 5.41) is 4.74. The molecule has 1 saturated heterocycles. The standard InChI is InChI=1S/C23H20ClN5O2/c24-16-4-6-17(7-5-16)26-22-18-8-14-31-20(18)15-19(27-22)23(30)29-12-10-28(11-13-29)21-3-1-2-9-25-21/h1-9,14-15H,10-13H2,(H,26,27). The Labute approximate surface area is 184 Å². The van der Waals surface area contributed by atoms with Crippen molar-refractivity contribution < 1.29 is 9.21 Å². The molecule has 8 heteroatoms. The maximum absolute atomic E-state index is 13.2. The summed E-state index contributed by atoms with van der Waals surface area (Å²) in [6, 6.07) is 16.7. The van der Waals surface area contributed by atoms with E-state index in [9.17, 15) is 4.79 Å². The topological polar surface area (TPSA) is 74.5 Å². The van der Waals surface area contributed by atoms with Gasteiger partial charge in [-0.25, -0.2) is 9.97 Å². The lowest BCUT2D eigenvalue weighted by Gasteiger charge is -2.35. The van der Waals surface area contributed by atoms with Gasteiger partial charge in [0.05, 0.1) is 11.6 Å². The van der Waals surface area contributed by atoms with Gasteiger partial charge in [-0.05, 0) is 42.5 Å². The minimum Gasteiger partial charge on any atom is -0.464 e. The molecule has 1 aromatic carbocycles. The van der Waals surface area contributed by atoms with Crippen LogP contribution in [0.2, 0.25) is 5.02 Å². The molecule has 1 aliphatic rings. The smallest absolute Gasteiger partial charge is 0.272 e. The number of amides is 1. The number of pyridine rings is 2. The summed E-state index contributed by atoms with van der Waals surface area (Å²) in [5.41, 5.74) is 1.79. The molecule has 0 unspecified atom stereocenters. The van der Waals surface area contributed by atoms with Crippen LogP contribution in [0.5, 0.6) is 0 Å². The molecule has 0 spiro atoms. The highest BCUT2D eigenvalue weighted by Gasteiger charge is 2.25. The van der Waals surface area contributed by atoms with Crippen molar-refractivity contribution in [1.82, 2.24) is 14.9 Å². The monoisotopic (exact) mass is 433 g/mol. The minimum atomic E-state index is -0.113. The number of nitrogens with one attached hydrogen (secondary N) is 1. The number of nitrogens with zero attached hydrogens (tertiary/aromatic N) is 4. The molecular formula is C23H20ClN5O2. The molecule has 0 bridgehead atoms. The highest BCUT2D eigenvalue weighted by Crippen LogP contribution is 2.28. The molecular weight excluding hydrogens is 414 g/mol. The first-order valence-corrected chi connectivity index (χ1v) is 10.4. The number of rotatable bonds is 4. The summed E-state index contributed by atoms with van der Waals surface area (Å²) in [6.45, 7) is 2.66. The predicted molar refractivity (Wildman–Crippen MR) is 121 cm³/mol. The summed E-state index contributed by atoms with van der Waals surface area (Å²) < 4.78 is 5.58. The Bertz CT molecular complexity index is 1200. The van der Waals surface area contributed by atoms with Gasteiger partial charge in [-0.15, -0.1) is 0 Å². The molecule has 1 N–H and O–H groups in total. The molecule has 31 heavy (non-hydrogen) atoms. The van der Waals surface area contributed by atoms with E-state index in [-0.39, 0.29) is 5.91 Å². The van der Waals surface area contributed by atoms with Gasteiger partial charge in [0.25, 0.3) is 5.91 Å². The van der Waals surface area contributed by atoms with Gasteiger partial charge in [0.1, 0.15) is 22.9 Å². The zero-order chi connectivity index (χ0) is 21.2. The average Bonchev–Trinajstić information content (AvgIpc) is 3.30. The van der Waals surface area contributed by atoms with Crippen molar-refractivity contribution in [3.05, 3.63) is 77.8 Å². The average molecular weight is 434 g/mol. The second-order valence-corrected chi connectivity index (χ2v) is 7.72. The highest BCUT2D eigenvalue weighted by molar-refractivity contribution is 6.30. The lowest BCUT2D eigenvalue weighted by Crippen LogP contribution is -2.49. The van der Waals surface area contributed by atoms with Crippen molar-refractivity contribution in [2.75, 3.05) is 36.4 Å². The fourth-order valence-corrected chi connectivity index (χ4v) is 3.81. The first kappa shape index (κ1) is 19.4. The van der Waals surface area contributed by atoms with Crippen molar-refractivity contribution in [3.63, 3.8) is 0 Å². The van der Waals surface area contributed by atoms with Crippen LogP contribution in [-0.2, 0) is 0 Å². The van der Waals surface area contributed by atoms with E-state index < -0.39 is 0 Å². The largest absolute Gasteiger partial charge is 0.464 e. The number of fused-ring (bicyclic) bond motifs is 1. The van der Waals surface area contributed by atoms with Crippen molar-refractivity contribution in [2.24, 2.45) is 0 Å². The third kappa shape index (κ3) is 4.04. The van der Waals surface area contributed by atoms with Crippen LogP contribution < -0.4 is 10.2 Å². The SMILES string of the molecule is O=C(c1cc2occc2c(Nc2ccc(Cl)cc2)n1)N1CCN(c2ccccn2)CC1. The predicted octanol–water partition coefficient (Wildman–Crippen LogP) is 4.58. The van der Waals surface area contributed by atoms with Crippen LogP contribution in [0.1, 0.15) is 10.5 Å². The number of furan rings is 1. The number of benzene rings is 1. The second kappa shape index (κ2) is 8.28. The van der Waals surface area contributed by atoms with Crippen LogP contribution >= 0.6 is 11.6 Å². The van der Waals surface area contributed by atoms with E-state index >= 15 is 0 Å². The molecule has 4 heterocycles. The van der Waals surface area contributed by atoms with E-state index in [0.29, 0.717) is 35.2 Å². The van der Waals surface area contributed by atoms with E-state index in [2.05, 4.69) is 20.2 Å². The summed E-state index contributed by atoms with van der Waals surface area (Å²) >= 11 is 5.98.